The van der Waals surface area contributed by atoms with Gasteiger partial charge in [0, 0.05) is 24.3 Å². The summed E-state index contributed by atoms with van der Waals surface area (Å²) in [6, 6.07) is 4.46. The van der Waals surface area contributed by atoms with E-state index in [1.54, 1.807) is 0 Å². The molecule has 3 heteroatoms. The fourth-order valence-corrected chi connectivity index (χ4v) is 6.33. The maximum absolute atomic E-state index is 6.81. The summed E-state index contributed by atoms with van der Waals surface area (Å²) in [4.78, 5) is 2.37. The molecule has 0 saturated heterocycles. The molecule has 0 heterocycles. The van der Waals surface area contributed by atoms with Gasteiger partial charge in [-0.05, 0) is 61.6 Å². The number of rotatable bonds is 25. The predicted octanol–water partition coefficient (Wildman–Crippen LogP) is 12.8. The number of nitrogens with zero attached hydrogens (tertiary/aromatic N) is 1. The minimum absolute atomic E-state index is 0.859. The summed E-state index contributed by atoms with van der Waals surface area (Å²) in [6.45, 7) is 14.8. The van der Waals surface area contributed by atoms with Gasteiger partial charge in [-0.15, -0.1) is 11.8 Å². The zero-order valence-corrected chi connectivity index (χ0v) is 27.2. The van der Waals surface area contributed by atoms with E-state index in [0.717, 1.165) is 29.4 Å². The van der Waals surface area contributed by atoms with Gasteiger partial charge >= 0.3 is 0 Å². The second kappa shape index (κ2) is 24.0. The lowest BCUT2D eigenvalue weighted by Gasteiger charge is -2.25. The SMILES string of the molecule is C=Cc1cc(N(CC)CC)c(C(Cl)=CSCCCCCCCCCCCCCCCCCCCC)cc1C. The zero-order valence-electron chi connectivity index (χ0n) is 25.6. The smallest absolute Gasteiger partial charge is 0.0562 e. The number of unbranched alkanes of at least 4 members (excludes halogenated alkanes) is 17. The third-order valence-electron chi connectivity index (χ3n) is 7.77. The predicted molar refractivity (Wildman–Crippen MR) is 180 cm³/mol. The first-order valence-electron chi connectivity index (χ1n) is 16.1. The molecule has 0 radical (unpaired) electrons. The van der Waals surface area contributed by atoms with Crippen LogP contribution in [0, 0.1) is 6.92 Å². The van der Waals surface area contributed by atoms with Crippen molar-refractivity contribution in [3.8, 4) is 0 Å². The summed E-state index contributed by atoms with van der Waals surface area (Å²) < 4.78 is 0. The Bertz CT molecular complexity index is 753. The fourth-order valence-electron chi connectivity index (χ4n) is 5.23. The van der Waals surface area contributed by atoms with Crippen LogP contribution in [0.3, 0.4) is 0 Å². The Morgan fingerprint density at radius 2 is 1.18 bits per heavy atom. The zero-order chi connectivity index (χ0) is 27.8. The van der Waals surface area contributed by atoms with E-state index in [4.69, 9.17) is 11.6 Å². The second-order valence-corrected chi connectivity index (χ2v) is 12.3. The van der Waals surface area contributed by atoms with Gasteiger partial charge < -0.3 is 4.90 Å². The fraction of sp³-hybridized carbons (Fsp3) is 0.714. The van der Waals surface area contributed by atoms with Crippen molar-refractivity contribution in [3.63, 3.8) is 0 Å². The van der Waals surface area contributed by atoms with Crippen molar-refractivity contribution in [3.05, 3.63) is 40.8 Å². The highest BCUT2D eigenvalue weighted by Gasteiger charge is 2.13. The van der Waals surface area contributed by atoms with Gasteiger partial charge in [0.2, 0.25) is 0 Å². The van der Waals surface area contributed by atoms with Crippen LogP contribution in [-0.4, -0.2) is 18.8 Å². The Morgan fingerprint density at radius 1 is 0.737 bits per heavy atom. The average molecular weight is 562 g/mol. The highest BCUT2D eigenvalue weighted by Crippen LogP contribution is 2.34. The maximum atomic E-state index is 6.81. The molecule has 0 aliphatic rings. The number of thioether (sulfide) groups is 1. The maximum Gasteiger partial charge on any atom is 0.0562 e. The lowest BCUT2D eigenvalue weighted by atomic mass is 10.0. The van der Waals surface area contributed by atoms with Crippen LogP contribution in [0.1, 0.15) is 153 Å². The highest BCUT2D eigenvalue weighted by molar-refractivity contribution is 8.02. The molecule has 0 aliphatic carbocycles. The quantitative estimate of drug-likeness (QED) is 0.109. The van der Waals surface area contributed by atoms with Crippen molar-refractivity contribution < 1.29 is 0 Å². The average Bonchev–Trinajstić information content (AvgIpc) is 2.93. The first-order valence-corrected chi connectivity index (χ1v) is 17.5. The molecule has 0 spiro atoms. The lowest BCUT2D eigenvalue weighted by Crippen LogP contribution is -2.23. The van der Waals surface area contributed by atoms with Crippen LogP contribution in [-0.2, 0) is 0 Å². The van der Waals surface area contributed by atoms with Gasteiger partial charge in [0.15, 0.2) is 0 Å². The molecule has 0 fully saturated rings. The van der Waals surface area contributed by atoms with E-state index < -0.39 is 0 Å². The molecular weight excluding hydrogens is 502 g/mol. The Hall–Kier alpha value is -0.860. The Morgan fingerprint density at radius 3 is 1.61 bits per heavy atom. The van der Waals surface area contributed by atoms with Crippen molar-refractivity contribution >= 4 is 40.2 Å². The molecular formula is C35H60ClNS. The molecule has 38 heavy (non-hydrogen) atoms. The molecule has 0 aromatic heterocycles. The van der Waals surface area contributed by atoms with E-state index in [-0.39, 0.29) is 0 Å². The summed E-state index contributed by atoms with van der Waals surface area (Å²) in [7, 11) is 0. The van der Waals surface area contributed by atoms with Crippen molar-refractivity contribution in [1.82, 2.24) is 0 Å². The number of halogens is 1. The molecule has 0 aliphatic heterocycles. The number of hydrogen-bond acceptors (Lipinski definition) is 2. The van der Waals surface area contributed by atoms with Gasteiger partial charge in [-0.3, -0.25) is 0 Å². The summed E-state index contributed by atoms with van der Waals surface area (Å²) in [5, 5.41) is 3.02. The highest BCUT2D eigenvalue weighted by atomic mass is 35.5. The second-order valence-electron chi connectivity index (χ2n) is 10.9. The number of anilines is 1. The Kier molecular flexibility index (Phi) is 22.2. The molecule has 0 atom stereocenters. The van der Waals surface area contributed by atoms with Gasteiger partial charge in [0.1, 0.15) is 0 Å². The van der Waals surface area contributed by atoms with Gasteiger partial charge in [-0.25, -0.2) is 0 Å². The molecule has 0 N–H and O–H groups in total. The van der Waals surface area contributed by atoms with Gasteiger partial charge in [0.05, 0.1) is 5.03 Å². The van der Waals surface area contributed by atoms with Crippen molar-refractivity contribution in [1.29, 1.82) is 0 Å². The van der Waals surface area contributed by atoms with Crippen LogP contribution in [0.15, 0.2) is 24.1 Å². The number of hydrogen-bond donors (Lipinski definition) is 0. The van der Waals surface area contributed by atoms with Crippen LogP contribution in [0.2, 0.25) is 0 Å². The largest absolute Gasteiger partial charge is 0.372 e. The minimum Gasteiger partial charge on any atom is -0.372 e. The van der Waals surface area contributed by atoms with Crippen LogP contribution in [0.5, 0.6) is 0 Å². The van der Waals surface area contributed by atoms with Crippen molar-refractivity contribution in [2.75, 3.05) is 23.7 Å². The van der Waals surface area contributed by atoms with E-state index in [2.05, 4.69) is 56.7 Å². The first kappa shape index (κ1) is 35.2. The van der Waals surface area contributed by atoms with Crippen LogP contribution in [0.4, 0.5) is 5.69 Å². The minimum atomic E-state index is 0.859. The first-order chi connectivity index (χ1) is 18.6. The van der Waals surface area contributed by atoms with Crippen LogP contribution >= 0.6 is 23.4 Å². The monoisotopic (exact) mass is 561 g/mol. The van der Waals surface area contributed by atoms with E-state index >= 15 is 0 Å². The van der Waals surface area contributed by atoms with Crippen LogP contribution < -0.4 is 4.90 Å². The van der Waals surface area contributed by atoms with Crippen LogP contribution in [0.25, 0.3) is 11.1 Å². The molecule has 1 aromatic rings. The Labute approximate surface area is 247 Å². The van der Waals surface area contributed by atoms with Gasteiger partial charge in [-0.2, -0.15) is 0 Å². The normalized spacial score (nSPS) is 11.8. The lowest BCUT2D eigenvalue weighted by molar-refractivity contribution is 0.527. The summed E-state index contributed by atoms with van der Waals surface area (Å²) in [5.74, 6) is 1.15. The summed E-state index contributed by atoms with van der Waals surface area (Å²) >= 11 is 8.67. The Balaban J connectivity index is 2.10. The molecule has 0 amide bonds. The van der Waals surface area contributed by atoms with Crippen molar-refractivity contribution in [2.24, 2.45) is 0 Å². The molecule has 0 bridgehead atoms. The molecule has 0 saturated carbocycles. The van der Waals surface area contributed by atoms with E-state index in [9.17, 15) is 0 Å². The molecule has 1 rings (SSSR count). The molecule has 218 valence electrons. The molecule has 0 unspecified atom stereocenters. The molecule has 1 nitrogen and oxygen atoms in total. The standard InChI is InChI=1S/C35H60ClNS/c1-6-10-11-12-13-14-15-16-17-18-19-20-21-22-23-24-25-26-27-38-30-34(36)33-28-31(5)32(7-2)29-35(33)37(8-3)9-4/h7,28-30H,2,6,8-27H2,1,3-5H3. The topological polar surface area (TPSA) is 3.24 Å². The van der Waals surface area contributed by atoms with Gasteiger partial charge in [0.25, 0.3) is 0 Å². The van der Waals surface area contributed by atoms with E-state index in [1.807, 2.05) is 17.8 Å². The third-order valence-corrected chi connectivity index (χ3v) is 9.14. The van der Waals surface area contributed by atoms with E-state index in [0.29, 0.717) is 0 Å². The van der Waals surface area contributed by atoms with Gasteiger partial charge in [-0.1, -0.05) is 140 Å². The number of aryl methyl sites for hydroxylation is 1. The summed E-state index contributed by atoms with van der Waals surface area (Å²) in [5.41, 5.74) is 4.77. The summed E-state index contributed by atoms with van der Waals surface area (Å²) in [6.07, 6.45) is 27.6. The molecule has 1 aromatic carbocycles. The van der Waals surface area contributed by atoms with E-state index in [1.165, 1.54) is 132 Å². The van der Waals surface area contributed by atoms with Crippen molar-refractivity contribution in [2.45, 2.75) is 143 Å². The third kappa shape index (κ3) is 15.7. The number of benzene rings is 1.